The standard InChI is InChI=1S/C18H24N2O3/c1-12(21)14-6-4-13(5-7-14)11-20-17-10-15(23-3)8-9-16(17)19(2)18(20)22/h8-10,13-14H,4-7,11H2,1-3H3. The lowest BCUT2D eigenvalue weighted by atomic mass is 9.80. The van der Waals surface area contributed by atoms with Gasteiger partial charge in [0.2, 0.25) is 0 Å². The maximum atomic E-state index is 12.6. The number of imidazole rings is 1. The average molecular weight is 316 g/mol. The number of carbonyl (C=O) groups is 1. The zero-order valence-corrected chi connectivity index (χ0v) is 14.0. The third-order valence-corrected chi connectivity index (χ3v) is 5.22. The number of aromatic nitrogens is 2. The molecule has 0 bridgehead atoms. The molecule has 0 N–H and O–H groups in total. The van der Waals surface area contributed by atoms with Crippen molar-refractivity contribution in [3.8, 4) is 5.75 Å². The number of ether oxygens (including phenoxy) is 1. The van der Waals surface area contributed by atoms with Crippen LogP contribution in [-0.4, -0.2) is 22.0 Å². The number of aryl methyl sites for hydroxylation is 1. The van der Waals surface area contributed by atoms with Gasteiger partial charge < -0.3 is 4.74 Å². The van der Waals surface area contributed by atoms with Crippen LogP contribution in [0.15, 0.2) is 23.0 Å². The Morgan fingerprint density at radius 2 is 1.91 bits per heavy atom. The lowest BCUT2D eigenvalue weighted by Gasteiger charge is -2.27. The van der Waals surface area contributed by atoms with Crippen LogP contribution in [0, 0.1) is 11.8 Å². The molecule has 1 aliphatic rings. The highest BCUT2D eigenvalue weighted by Gasteiger charge is 2.25. The predicted octanol–water partition coefficient (Wildman–Crippen LogP) is 2.74. The number of methoxy groups -OCH3 is 1. The maximum absolute atomic E-state index is 12.6. The van der Waals surface area contributed by atoms with Gasteiger partial charge in [-0.3, -0.25) is 13.9 Å². The second-order valence-corrected chi connectivity index (χ2v) is 6.64. The number of rotatable bonds is 4. The normalized spacial score (nSPS) is 21.5. The van der Waals surface area contributed by atoms with Crippen LogP contribution in [0.5, 0.6) is 5.75 Å². The molecule has 1 aromatic heterocycles. The van der Waals surface area contributed by atoms with Crippen LogP contribution in [0.2, 0.25) is 0 Å². The number of nitrogens with zero attached hydrogens (tertiary/aromatic N) is 2. The van der Waals surface area contributed by atoms with Gasteiger partial charge in [0.15, 0.2) is 0 Å². The van der Waals surface area contributed by atoms with E-state index < -0.39 is 0 Å². The summed E-state index contributed by atoms with van der Waals surface area (Å²) in [5, 5.41) is 0. The van der Waals surface area contributed by atoms with Crippen LogP contribution in [0.3, 0.4) is 0 Å². The van der Waals surface area contributed by atoms with E-state index in [4.69, 9.17) is 4.74 Å². The summed E-state index contributed by atoms with van der Waals surface area (Å²) >= 11 is 0. The fourth-order valence-electron chi connectivity index (χ4n) is 3.70. The molecule has 23 heavy (non-hydrogen) atoms. The van der Waals surface area contributed by atoms with E-state index in [0.717, 1.165) is 42.5 Å². The second-order valence-electron chi connectivity index (χ2n) is 6.64. The number of ketones is 1. The molecule has 1 aromatic carbocycles. The molecule has 5 nitrogen and oxygen atoms in total. The van der Waals surface area contributed by atoms with Crippen molar-refractivity contribution < 1.29 is 9.53 Å². The fraction of sp³-hybridized carbons (Fsp3) is 0.556. The van der Waals surface area contributed by atoms with Gasteiger partial charge in [-0.05, 0) is 50.7 Å². The van der Waals surface area contributed by atoms with E-state index in [0.29, 0.717) is 18.2 Å². The number of benzene rings is 1. The van der Waals surface area contributed by atoms with Gasteiger partial charge in [-0.25, -0.2) is 4.79 Å². The van der Waals surface area contributed by atoms with Crippen molar-refractivity contribution in [1.82, 2.24) is 9.13 Å². The van der Waals surface area contributed by atoms with E-state index in [9.17, 15) is 9.59 Å². The smallest absolute Gasteiger partial charge is 0.328 e. The molecule has 3 rings (SSSR count). The molecular weight excluding hydrogens is 292 g/mol. The van der Waals surface area contributed by atoms with E-state index in [2.05, 4.69) is 0 Å². The van der Waals surface area contributed by atoms with Gasteiger partial charge in [-0.15, -0.1) is 0 Å². The van der Waals surface area contributed by atoms with Crippen molar-refractivity contribution in [3.05, 3.63) is 28.7 Å². The van der Waals surface area contributed by atoms with Crippen LogP contribution in [0.4, 0.5) is 0 Å². The molecule has 0 unspecified atom stereocenters. The zero-order valence-electron chi connectivity index (χ0n) is 14.0. The van der Waals surface area contributed by atoms with Gasteiger partial charge in [0.05, 0.1) is 18.1 Å². The highest BCUT2D eigenvalue weighted by atomic mass is 16.5. The first-order chi connectivity index (χ1) is 11.0. The molecule has 0 radical (unpaired) electrons. The molecule has 0 atom stereocenters. The molecule has 1 heterocycles. The number of hydrogen-bond donors (Lipinski definition) is 0. The molecule has 1 saturated carbocycles. The maximum Gasteiger partial charge on any atom is 0.328 e. The molecular formula is C18H24N2O3. The highest BCUT2D eigenvalue weighted by molar-refractivity contribution is 5.78. The number of fused-ring (bicyclic) bond motifs is 1. The van der Waals surface area contributed by atoms with Crippen LogP contribution in [0.25, 0.3) is 11.0 Å². The minimum absolute atomic E-state index is 0.0157. The molecule has 1 aliphatic carbocycles. The van der Waals surface area contributed by atoms with Crippen molar-refractivity contribution >= 4 is 16.8 Å². The minimum Gasteiger partial charge on any atom is -0.497 e. The molecule has 0 spiro atoms. The quantitative estimate of drug-likeness (QED) is 0.871. The van der Waals surface area contributed by atoms with E-state index >= 15 is 0 Å². The Bertz CT molecular complexity index is 779. The Morgan fingerprint density at radius 3 is 2.52 bits per heavy atom. The molecule has 0 aliphatic heterocycles. The second kappa shape index (κ2) is 6.22. The molecule has 124 valence electrons. The third kappa shape index (κ3) is 2.92. The molecule has 1 fully saturated rings. The predicted molar refractivity (Wildman–Crippen MR) is 89.9 cm³/mol. The molecule has 5 heteroatoms. The van der Waals surface area contributed by atoms with E-state index in [1.165, 1.54) is 0 Å². The van der Waals surface area contributed by atoms with Gasteiger partial charge in [0.1, 0.15) is 11.5 Å². The lowest BCUT2D eigenvalue weighted by molar-refractivity contribution is -0.121. The topological polar surface area (TPSA) is 53.2 Å². The highest BCUT2D eigenvalue weighted by Crippen LogP contribution is 2.31. The Kier molecular flexibility index (Phi) is 4.28. The van der Waals surface area contributed by atoms with Crippen molar-refractivity contribution in [1.29, 1.82) is 0 Å². The summed E-state index contributed by atoms with van der Waals surface area (Å²) in [6.07, 6.45) is 3.92. The van der Waals surface area contributed by atoms with Gasteiger partial charge in [0, 0.05) is 25.6 Å². The third-order valence-electron chi connectivity index (χ3n) is 5.22. The van der Waals surface area contributed by atoms with Gasteiger partial charge in [0.25, 0.3) is 0 Å². The van der Waals surface area contributed by atoms with Gasteiger partial charge >= 0.3 is 5.69 Å². The van der Waals surface area contributed by atoms with E-state index in [-0.39, 0.29) is 11.6 Å². The first-order valence-electron chi connectivity index (χ1n) is 8.25. The zero-order chi connectivity index (χ0) is 16.6. The van der Waals surface area contributed by atoms with Crippen LogP contribution in [-0.2, 0) is 18.4 Å². The summed E-state index contributed by atoms with van der Waals surface area (Å²) in [6, 6.07) is 5.74. The number of Topliss-reactive ketones (excluding diaryl/α,β-unsaturated/α-hetero) is 1. The van der Waals surface area contributed by atoms with Crippen LogP contribution < -0.4 is 10.4 Å². The van der Waals surface area contributed by atoms with Crippen molar-refractivity contribution in [2.75, 3.05) is 7.11 Å². The number of hydrogen-bond acceptors (Lipinski definition) is 3. The average Bonchev–Trinajstić information content (AvgIpc) is 2.80. The summed E-state index contributed by atoms with van der Waals surface area (Å²) in [5.74, 6) is 1.74. The van der Waals surface area contributed by atoms with Crippen LogP contribution >= 0.6 is 0 Å². The molecule has 0 saturated heterocycles. The summed E-state index contributed by atoms with van der Waals surface area (Å²) < 4.78 is 8.84. The Balaban J connectivity index is 1.87. The van der Waals surface area contributed by atoms with Crippen molar-refractivity contribution in [3.63, 3.8) is 0 Å². The van der Waals surface area contributed by atoms with E-state index in [1.807, 2.05) is 22.8 Å². The summed E-state index contributed by atoms with van der Waals surface area (Å²) in [7, 11) is 3.44. The Morgan fingerprint density at radius 1 is 1.22 bits per heavy atom. The van der Waals surface area contributed by atoms with Gasteiger partial charge in [-0.2, -0.15) is 0 Å². The summed E-state index contributed by atoms with van der Waals surface area (Å²) in [5.41, 5.74) is 1.86. The largest absolute Gasteiger partial charge is 0.497 e. The SMILES string of the molecule is COc1ccc2c(c1)n(CC1CCC(C(C)=O)CC1)c(=O)n2C. The Labute approximate surface area is 135 Å². The summed E-state index contributed by atoms with van der Waals surface area (Å²) in [4.78, 5) is 24.1. The van der Waals surface area contributed by atoms with E-state index in [1.54, 1.807) is 25.6 Å². The van der Waals surface area contributed by atoms with Crippen LogP contribution in [0.1, 0.15) is 32.6 Å². The van der Waals surface area contributed by atoms with Crippen molar-refractivity contribution in [2.24, 2.45) is 18.9 Å². The molecule has 2 aromatic rings. The number of carbonyl (C=O) groups excluding carboxylic acids is 1. The lowest BCUT2D eigenvalue weighted by Crippen LogP contribution is -2.28. The molecule has 0 amide bonds. The van der Waals surface area contributed by atoms with Gasteiger partial charge in [-0.1, -0.05) is 0 Å². The fourth-order valence-corrected chi connectivity index (χ4v) is 3.70. The van der Waals surface area contributed by atoms with Crippen molar-refractivity contribution in [2.45, 2.75) is 39.2 Å². The monoisotopic (exact) mass is 316 g/mol. The first-order valence-corrected chi connectivity index (χ1v) is 8.25. The summed E-state index contributed by atoms with van der Waals surface area (Å²) in [6.45, 7) is 2.40. The Hall–Kier alpha value is -2.04. The first kappa shape index (κ1) is 15.8. The minimum atomic E-state index is 0.0157.